The van der Waals surface area contributed by atoms with Crippen molar-refractivity contribution in [2.24, 2.45) is 0 Å². The second-order valence-corrected chi connectivity index (χ2v) is 12.4. The lowest BCUT2D eigenvalue weighted by Crippen LogP contribution is -2.29. The molecule has 0 unspecified atom stereocenters. The fraction of sp³-hybridized carbons (Fsp3) is 0.438. The van der Waals surface area contributed by atoms with E-state index in [9.17, 15) is 4.79 Å². The summed E-state index contributed by atoms with van der Waals surface area (Å²) in [5.74, 6) is 1.14. The molecule has 1 aromatic carbocycles. The summed E-state index contributed by atoms with van der Waals surface area (Å²) in [4.78, 5) is 30.5. The number of fused-ring (bicyclic) bond motifs is 2. The molecule has 2 N–H and O–H groups in total. The van der Waals surface area contributed by atoms with Gasteiger partial charge in [0.1, 0.15) is 5.82 Å². The van der Waals surface area contributed by atoms with Gasteiger partial charge in [-0.25, -0.2) is 9.97 Å². The van der Waals surface area contributed by atoms with Crippen LogP contribution in [0.2, 0.25) is 0 Å². The maximum absolute atomic E-state index is 13.1. The standard InChI is InChI=1S/C32H36N8O2/c1-17(2)40-19(4)25(18(3)38-40)27-35-26-23(12-15-33-28(26)36-27)21-10-11-22-20(16-21)8-6-7-9-24(22)34-29(41)30-37-31(39-42-30)32(5)13-14-32/h10-12,15-17,24H,6-9,13-14H2,1-5H3,(H,34,41)(H,33,35,36)/t24-/m0/s1. The molecular formula is C32H36N8O2. The second kappa shape index (κ2) is 9.89. The summed E-state index contributed by atoms with van der Waals surface area (Å²) in [7, 11) is 0. The minimum Gasteiger partial charge on any atom is -0.341 e. The zero-order valence-corrected chi connectivity index (χ0v) is 24.8. The number of benzene rings is 1. The van der Waals surface area contributed by atoms with E-state index in [1.807, 2.05) is 23.9 Å². The molecular weight excluding hydrogens is 528 g/mol. The van der Waals surface area contributed by atoms with Gasteiger partial charge >= 0.3 is 11.8 Å². The molecule has 1 saturated carbocycles. The van der Waals surface area contributed by atoms with Crippen molar-refractivity contribution in [2.45, 2.75) is 90.6 Å². The van der Waals surface area contributed by atoms with E-state index in [4.69, 9.17) is 14.6 Å². The minimum atomic E-state index is -0.313. The van der Waals surface area contributed by atoms with Crippen LogP contribution in [0.15, 0.2) is 35.0 Å². The molecule has 1 atom stereocenters. The van der Waals surface area contributed by atoms with Crippen molar-refractivity contribution < 1.29 is 9.32 Å². The Morgan fingerprint density at radius 1 is 1.17 bits per heavy atom. The monoisotopic (exact) mass is 564 g/mol. The van der Waals surface area contributed by atoms with Crippen LogP contribution in [-0.2, 0) is 11.8 Å². The summed E-state index contributed by atoms with van der Waals surface area (Å²) in [6.07, 6.45) is 7.76. The molecule has 216 valence electrons. The first-order valence-electron chi connectivity index (χ1n) is 14.9. The summed E-state index contributed by atoms with van der Waals surface area (Å²) in [6, 6.07) is 8.71. The predicted molar refractivity (Wildman–Crippen MR) is 159 cm³/mol. The van der Waals surface area contributed by atoms with Crippen LogP contribution in [0.3, 0.4) is 0 Å². The molecule has 2 aliphatic rings. The lowest BCUT2D eigenvalue weighted by molar-refractivity contribution is 0.0890. The number of amides is 1. The molecule has 1 fully saturated rings. The molecule has 10 heteroatoms. The minimum absolute atomic E-state index is 0.0409. The van der Waals surface area contributed by atoms with Crippen LogP contribution in [0.1, 0.15) is 104 Å². The fourth-order valence-electron chi connectivity index (χ4n) is 6.27. The van der Waals surface area contributed by atoms with Gasteiger partial charge in [0.2, 0.25) is 0 Å². The maximum atomic E-state index is 13.1. The molecule has 4 heterocycles. The van der Waals surface area contributed by atoms with Gasteiger partial charge in [0.25, 0.3) is 0 Å². The number of carbonyl (C=O) groups is 1. The van der Waals surface area contributed by atoms with Crippen LogP contribution in [-0.4, -0.2) is 40.8 Å². The summed E-state index contributed by atoms with van der Waals surface area (Å²) in [6.45, 7) is 10.5. The topological polar surface area (TPSA) is 127 Å². The second-order valence-electron chi connectivity index (χ2n) is 12.4. The van der Waals surface area contributed by atoms with Crippen LogP contribution in [0.5, 0.6) is 0 Å². The normalized spacial score (nSPS) is 17.8. The number of aromatic amines is 1. The van der Waals surface area contributed by atoms with Crippen molar-refractivity contribution in [2.75, 3.05) is 0 Å². The zero-order chi connectivity index (χ0) is 29.2. The molecule has 10 nitrogen and oxygen atoms in total. The third-order valence-corrected chi connectivity index (χ3v) is 8.93. The number of hydrogen-bond donors (Lipinski definition) is 2. The lowest BCUT2D eigenvalue weighted by Gasteiger charge is -2.19. The molecule has 2 aliphatic carbocycles. The van der Waals surface area contributed by atoms with Crippen molar-refractivity contribution in [3.63, 3.8) is 0 Å². The van der Waals surface area contributed by atoms with Crippen molar-refractivity contribution in [3.05, 3.63) is 64.7 Å². The number of hydrogen-bond acceptors (Lipinski definition) is 7. The van der Waals surface area contributed by atoms with Crippen LogP contribution < -0.4 is 5.32 Å². The Kier molecular flexibility index (Phi) is 6.25. The Balaban J connectivity index is 1.20. The van der Waals surface area contributed by atoms with Gasteiger partial charge in [0, 0.05) is 28.9 Å². The van der Waals surface area contributed by atoms with E-state index in [1.165, 1.54) is 5.56 Å². The first-order chi connectivity index (χ1) is 20.2. The third kappa shape index (κ3) is 4.49. The molecule has 0 radical (unpaired) electrons. The van der Waals surface area contributed by atoms with E-state index >= 15 is 0 Å². The highest BCUT2D eigenvalue weighted by atomic mass is 16.5. The molecule has 0 aliphatic heterocycles. The van der Waals surface area contributed by atoms with E-state index in [0.29, 0.717) is 11.5 Å². The number of nitrogens with one attached hydrogen (secondary N) is 2. The molecule has 5 aromatic rings. The van der Waals surface area contributed by atoms with Crippen molar-refractivity contribution in [1.82, 2.24) is 40.2 Å². The van der Waals surface area contributed by atoms with Crippen molar-refractivity contribution in [1.29, 1.82) is 0 Å². The van der Waals surface area contributed by atoms with Gasteiger partial charge in [-0.1, -0.05) is 36.7 Å². The van der Waals surface area contributed by atoms with E-state index in [-0.39, 0.29) is 29.3 Å². The molecule has 0 saturated heterocycles. The number of rotatable bonds is 6. The summed E-state index contributed by atoms with van der Waals surface area (Å²) in [5, 5.41) is 12.0. The summed E-state index contributed by atoms with van der Waals surface area (Å²) >= 11 is 0. The van der Waals surface area contributed by atoms with E-state index < -0.39 is 0 Å². The first kappa shape index (κ1) is 26.6. The summed E-state index contributed by atoms with van der Waals surface area (Å²) < 4.78 is 7.38. The fourth-order valence-corrected chi connectivity index (χ4v) is 6.27. The highest BCUT2D eigenvalue weighted by Crippen LogP contribution is 2.46. The maximum Gasteiger partial charge on any atom is 0.315 e. The number of aryl methyl sites for hydroxylation is 2. The van der Waals surface area contributed by atoms with Crippen LogP contribution in [0.25, 0.3) is 33.7 Å². The Bertz CT molecular complexity index is 1820. The molecule has 42 heavy (non-hydrogen) atoms. The SMILES string of the molecule is Cc1nn(C(C)C)c(C)c1-c1nc2nccc(-c3ccc4c(c3)CCCC[C@@H]4NC(=O)c3nc(C4(C)CC4)no3)c2[nH]1. The Hall–Kier alpha value is -4.34. The quantitative estimate of drug-likeness (QED) is 0.231. The average molecular weight is 565 g/mol. The molecule has 1 amide bonds. The van der Waals surface area contributed by atoms with Gasteiger partial charge in [-0.2, -0.15) is 10.1 Å². The van der Waals surface area contributed by atoms with Crippen molar-refractivity contribution >= 4 is 17.1 Å². The molecule has 0 spiro atoms. The smallest absolute Gasteiger partial charge is 0.315 e. The number of aromatic nitrogens is 7. The number of pyridine rings is 1. The van der Waals surface area contributed by atoms with Crippen LogP contribution in [0.4, 0.5) is 0 Å². The zero-order valence-electron chi connectivity index (χ0n) is 24.8. The van der Waals surface area contributed by atoms with Gasteiger partial charge in [0.05, 0.1) is 22.8 Å². The predicted octanol–water partition coefficient (Wildman–Crippen LogP) is 6.32. The highest BCUT2D eigenvalue weighted by Gasteiger charge is 2.44. The highest BCUT2D eigenvalue weighted by molar-refractivity contribution is 5.92. The third-order valence-electron chi connectivity index (χ3n) is 8.93. The Morgan fingerprint density at radius 3 is 2.76 bits per heavy atom. The number of H-pyrrole nitrogens is 1. The average Bonchev–Trinajstić information content (AvgIpc) is 3.28. The number of nitrogens with zero attached hydrogens (tertiary/aromatic N) is 6. The van der Waals surface area contributed by atoms with Gasteiger partial charge in [-0.05, 0) is 82.6 Å². The van der Waals surface area contributed by atoms with Gasteiger partial charge in [-0.15, -0.1) is 0 Å². The van der Waals surface area contributed by atoms with Crippen LogP contribution >= 0.6 is 0 Å². The molecule has 0 bridgehead atoms. The van der Waals surface area contributed by atoms with Crippen LogP contribution in [0, 0.1) is 13.8 Å². The van der Waals surface area contributed by atoms with E-state index in [1.54, 1.807) is 0 Å². The van der Waals surface area contributed by atoms with E-state index in [2.05, 4.69) is 71.3 Å². The molecule has 4 aromatic heterocycles. The van der Waals surface area contributed by atoms with E-state index in [0.717, 1.165) is 83.5 Å². The first-order valence-corrected chi connectivity index (χ1v) is 14.9. The number of imidazole rings is 1. The van der Waals surface area contributed by atoms with Crippen molar-refractivity contribution in [3.8, 4) is 22.5 Å². The van der Waals surface area contributed by atoms with Gasteiger partial charge < -0.3 is 14.8 Å². The Labute approximate surface area is 244 Å². The largest absolute Gasteiger partial charge is 0.341 e. The van der Waals surface area contributed by atoms with Gasteiger partial charge in [-0.3, -0.25) is 9.48 Å². The molecule has 7 rings (SSSR count). The lowest BCUT2D eigenvalue weighted by atomic mass is 9.94. The Morgan fingerprint density at radius 2 is 2.00 bits per heavy atom. The number of carbonyl (C=O) groups excluding carboxylic acids is 1. The van der Waals surface area contributed by atoms with Gasteiger partial charge in [0.15, 0.2) is 11.5 Å². The summed E-state index contributed by atoms with van der Waals surface area (Å²) in [5.41, 5.74) is 9.10.